The highest BCUT2D eigenvalue weighted by atomic mass is 16.6. The van der Waals surface area contributed by atoms with Crippen molar-refractivity contribution in [1.29, 1.82) is 0 Å². The van der Waals surface area contributed by atoms with E-state index < -0.39 is 6.04 Å². The summed E-state index contributed by atoms with van der Waals surface area (Å²) in [5.74, 6) is -0.293. The van der Waals surface area contributed by atoms with Crippen molar-refractivity contribution in [3.05, 3.63) is 17.4 Å². The number of nitrogens with zero attached hydrogens (tertiary/aromatic N) is 2. The molecule has 0 aliphatic rings. The van der Waals surface area contributed by atoms with Crippen LogP contribution in [0.1, 0.15) is 20.8 Å². The first-order chi connectivity index (χ1) is 7.02. The highest BCUT2D eigenvalue weighted by Crippen LogP contribution is 2.04. The van der Waals surface area contributed by atoms with Gasteiger partial charge in [-0.3, -0.25) is 4.79 Å². The lowest BCUT2D eigenvalue weighted by Gasteiger charge is -2.16. The molecule has 0 aromatic heterocycles. The van der Waals surface area contributed by atoms with Gasteiger partial charge in [0.2, 0.25) is 11.9 Å². The molecule has 0 saturated heterocycles. The fourth-order valence-corrected chi connectivity index (χ4v) is 1.05. The van der Waals surface area contributed by atoms with Crippen LogP contribution in [0.15, 0.2) is 17.4 Å². The number of hydroxylamine groups is 1. The van der Waals surface area contributed by atoms with Crippen LogP contribution < -0.4 is 5.32 Å². The quantitative estimate of drug-likeness (QED) is 0.311. The lowest BCUT2D eigenvalue weighted by atomic mass is 10.1. The van der Waals surface area contributed by atoms with Crippen LogP contribution in [0.4, 0.5) is 0 Å². The smallest absolute Gasteiger partial charge is 0.243 e. The summed E-state index contributed by atoms with van der Waals surface area (Å²) in [7, 11) is 0. The molecule has 0 aromatic carbocycles. The van der Waals surface area contributed by atoms with Gasteiger partial charge in [-0.25, -0.2) is 0 Å². The van der Waals surface area contributed by atoms with Crippen molar-refractivity contribution >= 4 is 5.91 Å². The monoisotopic (exact) mass is 215 g/mol. The lowest BCUT2D eigenvalue weighted by Crippen LogP contribution is -2.39. The van der Waals surface area contributed by atoms with Gasteiger partial charge in [0, 0.05) is 5.92 Å². The molecule has 0 aromatic rings. The topological polar surface area (TPSA) is 87.8 Å². The van der Waals surface area contributed by atoms with Crippen molar-refractivity contribution in [1.82, 2.24) is 5.32 Å². The summed E-state index contributed by atoms with van der Waals surface area (Å²) in [5, 5.41) is 24.5. The Morgan fingerprint density at radius 2 is 2.27 bits per heavy atom. The van der Waals surface area contributed by atoms with Crippen LogP contribution >= 0.6 is 0 Å². The fraction of sp³-hybridized carbons (Fsp3) is 0.667. The second kappa shape index (κ2) is 6.80. The number of hydrogen-bond donors (Lipinski definition) is 2. The van der Waals surface area contributed by atoms with E-state index in [0.717, 1.165) is 0 Å². The van der Waals surface area contributed by atoms with Gasteiger partial charge in [-0.1, -0.05) is 24.8 Å². The maximum absolute atomic E-state index is 11.1. The third-order valence-corrected chi connectivity index (χ3v) is 1.94. The van der Waals surface area contributed by atoms with Gasteiger partial charge in [0.25, 0.3) is 0 Å². The van der Waals surface area contributed by atoms with E-state index in [4.69, 9.17) is 5.21 Å². The normalized spacial score (nSPS) is 14.5. The van der Waals surface area contributed by atoms with E-state index in [1.165, 1.54) is 6.08 Å². The van der Waals surface area contributed by atoms with Crippen molar-refractivity contribution in [2.24, 2.45) is 11.2 Å². The Labute approximate surface area is 88.8 Å². The maximum atomic E-state index is 11.1. The Kier molecular flexibility index (Phi) is 6.08. The summed E-state index contributed by atoms with van der Waals surface area (Å²) in [4.78, 5) is 11.3. The van der Waals surface area contributed by atoms with Gasteiger partial charge < -0.3 is 15.7 Å². The molecule has 6 heteroatoms. The number of amides is 1. The van der Waals surface area contributed by atoms with E-state index in [2.05, 4.69) is 10.6 Å². The number of rotatable bonds is 5. The Hall–Kier alpha value is -1.59. The Morgan fingerprint density at radius 3 is 2.67 bits per heavy atom. The average Bonchev–Trinajstić information content (AvgIpc) is 2.17. The molecule has 1 unspecified atom stereocenters. The summed E-state index contributed by atoms with van der Waals surface area (Å²) >= 11 is 0. The van der Waals surface area contributed by atoms with E-state index >= 15 is 0 Å². The summed E-state index contributed by atoms with van der Waals surface area (Å²) < 4.78 is 0. The molecule has 0 saturated carbocycles. The van der Waals surface area contributed by atoms with Crippen LogP contribution in [-0.2, 0) is 4.79 Å². The second-order valence-electron chi connectivity index (χ2n) is 3.45. The first-order valence-electron chi connectivity index (χ1n) is 4.74. The Morgan fingerprint density at radius 1 is 1.67 bits per heavy atom. The molecule has 1 atom stereocenters. The zero-order valence-electron chi connectivity index (χ0n) is 9.17. The van der Waals surface area contributed by atoms with Gasteiger partial charge in [-0.15, -0.1) is 0 Å². The van der Waals surface area contributed by atoms with Crippen molar-refractivity contribution in [3.63, 3.8) is 0 Å². The SMILES string of the molecule is CC=CC(=O)NCC(C(C)C)/[N+]([O-])=N/O. The van der Waals surface area contributed by atoms with Gasteiger partial charge in [-0.05, 0) is 13.0 Å². The van der Waals surface area contributed by atoms with Gasteiger partial charge >= 0.3 is 0 Å². The van der Waals surface area contributed by atoms with Crippen LogP contribution in [0.25, 0.3) is 0 Å². The van der Waals surface area contributed by atoms with E-state index in [-0.39, 0.29) is 23.2 Å². The summed E-state index contributed by atoms with van der Waals surface area (Å²) in [6.45, 7) is 5.49. The highest BCUT2D eigenvalue weighted by Gasteiger charge is 2.23. The minimum absolute atomic E-state index is 0.0238. The first kappa shape index (κ1) is 13.4. The standard InChI is InChI=1S/C9H17N3O3/c1-4-5-9(13)10-6-8(7(2)3)12(15)11-14/h4-5,7-8,14H,6H2,1-3H3,(H,10,13)/b5-4?,12-11-. The molecule has 2 N–H and O–H groups in total. The van der Waals surface area contributed by atoms with E-state index in [9.17, 15) is 10.0 Å². The average molecular weight is 215 g/mol. The van der Waals surface area contributed by atoms with Crippen molar-refractivity contribution in [2.75, 3.05) is 6.54 Å². The third-order valence-electron chi connectivity index (χ3n) is 1.94. The molecule has 1 amide bonds. The van der Waals surface area contributed by atoms with Gasteiger partial charge in [0.15, 0.2) is 5.28 Å². The molecule has 15 heavy (non-hydrogen) atoms. The lowest BCUT2D eigenvalue weighted by molar-refractivity contribution is -0.596. The predicted octanol–water partition coefficient (Wildman–Crippen LogP) is 1.05. The summed E-state index contributed by atoms with van der Waals surface area (Å²) in [5.41, 5.74) is 0. The first-order valence-corrected chi connectivity index (χ1v) is 4.74. The van der Waals surface area contributed by atoms with E-state index in [1.54, 1.807) is 13.0 Å². The van der Waals surface area contributed by atoms with Crippen molar-refractivity contribution in [2.45, 2.75) is 26.8 Å². The van der Waals surface area contributed by atoms with Crippen LogP contribution in [0.5, 0.6) is 0 Å². The Balaban J connectivity index is 4.26. The van der Waals surface area contributed by atoms with Crippen LogP contribution in [0.3, 0.4) is 0 Å². The third kappa shape index (κ3) is 4.99. The molecule has 0 bridgehead atoms. The van der Waals surface area contributed by atoms with Crippen molar-refractivity contribution in [3.8, 4) is 0 Å². The molecular formula is C9H17N3O3. The predicted molar refractivity (Wildman–Crippen MR) is 54.3 cm³/mol. The van der Waals surface area contributed by atoms with E-state index in [0.29, 0.717) is 0 Å². The molecule has 0 rings (SSSR count). The minimum Gasteiger partial charge on any atom is -0.597 e. The molecule has 0 aliphatic carbocycles. The summed E-state index contributed by atoms with van der Waals surface area (Å²) in [6, 6.07) is -0.566. The number of allylic oxidation sites excluding steroid dienone is 1. The van der Waals surface area contributed by atoms with Crippen LogP contribution in [-0.4, -0.2) is 28.6 Å². The number of carbonyl (C=O) groups excluding carboxylic acids is 1. The second-order valence-corrected chi connectivity index (χ2v) is 3.45. The molecular weight excluding hydrogens is 198 g/mol. The van der Waals surface area contributed by atoms with Crippen LogP contribution in [0.2, 0.25) is 0 Å². The molecule has 0 aliphatic heterocycles. The number of carbonyl (C=O) groups is 1. The maximum Gasteiger partial charge on any atom is 0.243 e. The molecule has 0 heterocycles. The van der Waals surface area contributed by atoms with Gasteiger partial charge in [0.1, 0.15) is 0 Å². The number of hydrogen-bond acceptors (Lipinski definition) is 3. The van der Waals surface area contributed by atoms with E-state index in [1.807, 2.05) is 13.8 Å². The molecule has 0 radical (unpaired) electrons. The molecule has 6 nitrogen and oxygen atoms in total. The summed E-state index contributed by atoms with van der Waals surface area (Å²) in [6.07, 6.45) is 2.97. The zero-order chi connectivity index (χ0) is 11.8. The molecule has 0 fully saturated rings. The van der Waals surface area contributed by atoms with Crippen molar-refractivity contribution < 1.29 is 14.9 Å². The van der Waals surface area contributed by atoms with Gasteiger partial charge in [0.05, 0.1) is 6.54 Å². The minimum atomic E-state index is -0.566. The number of nitrogens with one attached hydrogen (secondary N) is 1. The largest absolute Gasteiger partial charge is 0.597 e. The zero-order valence-corrected chi connectivity index (χ0v) is 9.17. The van der Waals surface area contributed by atoms with Gasteiger partial charge in [-0.2, -0.15) is 0 Å². The highest BCUT2D eigenvalue weighted by molar-refractivity contribution is 5.87. The Bertz CT molecular complexity index is 261. The molecule has 86 valence electrons. The van der Waals surface area contributed by atoms with Crippen LogP contribution in [0, 0.1) is 11.1 Å². The molecule has 0 spiro atoms. The fourth-order valence-electron chi connectivity index (χ4n) is 1.05.